The highest BCUT2D eigenvalue weighted by Crippen LogP contribution is 2.26. The van der Waals surface area contributed by atoms with Gasteiger partial charge in [0.25, 0.3) is 0 Å². The van der Waals surface area contributed by atoms with Crippen LogP contribution in [-0.4, -0.2) is 12.6 Å². The summed E-state index contributed by atoms with van der Waals surface area (Å²) in [5.74, 6) is 0.554. The molecule has 0 aliphatic carbocycles. The molecule has 0 amide bonds. The van der Waals surface area contributed by atoms with Gasteiger partial charge in [0.15, 0.2) is 0 Å². The first kappa shape index (κ1) is 17.0. The molecule has 1 heterocycles. The van der Waals surface area contributed by atoms with Crippen molar-refractivity contribution in [2.45, 2.75) is 32.7 Å². The molecule has 0 aliphatic heterocycles. The zero-order valence-corrected chi connectivity index (χ0v) is 15.6. The fraction of sp³-hybridized carbons (Fsp3) is 0.412. The van der Waals surface area contributed by atoms with Crippen LogP contribution in [0.15, 0.2) is 40.2 Å². The first-order valence-electron chi connectivity index (χ1n) is 7.25. The van der Waals surface area contributed by atoms with E-state index in [1.807, 2.05) is 23.5 Å². The molecule has 0 aliphatic rings. The van der Waals surface area contributed by atoms with Crippen molar-refractivity contribution in [3.05, 3.63) is 55.6 Å². The second-order valence-corrected chi connectivity index (χ2v) is 8.59. The van der Waals surface area contributed by atoms with E-state index < -0.39 is 0 Å². The second kappa shape index (κ2) is 8.33. The Bertz CT molecular complexity index is 567. The highest BCUT2D eigenvalue weighted by molar-refractivity contribution is 9.11. The Morgan fingerprint density at radius 1 is 1.14 bits per heavy atom. The maximum atomic E-state index is 6.31. The zero-order valence-electron chi connectivity index (χ0n) is 12.4. The lowest BCUT2D eigenvalue weighted by molar-refractivity contribution is 0.446. The SMILES string of the molecule is CC(C)NCC(Cc1ccc(Br)s1)Cc1ccccc1Cl. The second-order valence-electron chi connectivity index (χ2n) is 5.63. The molecule has 1 aromatic carbocycles. The van der Waals surface area contributed by atoms with Crippen molar-refractivity contribution >= 4 is 38.9 Å². The number of nitrogens with one attached hydrogen (secondary N) is 1. The van der Waals surface area contributed by atoms with Gasteiger partial charge in [0.1, 0.15) is 0 Å². The van der Waals surface area contributed by atoms with Crippen molar-refractivity contribution in [2.24, 2.45) is 5.92 Å². The van der Waals surface area contributed by atoms with Gasteiger partial charge in [-0.3, -0.25) is 0 Å². The Morgan fingerprint density at radius 2 is 1.90 bits per heavy atom. The Labute approximate surface area is 144 Å². The molecule has 0 spiro atoms. The molecule has 0 radical (unpaired) electrons. The Balaban J connectivity index is 2.06. The van der Waals surface area contributed by atoms with Crippen LogP contribution in [-0.2, 0) is 12.8 Å². The third-order valence-corrected chi connectivity index (χ3v) is 5.41. The summed E-state index contributed by atoms with van der Waals surface area (Å²) < 4.78 is 1.20. The predicted molar refractivity (Wildman–Crippen MR) is 97.5 cm³/mol. The van der Waals surface area contributed by atoms with Crippen LogP contribution in [0.5, 0.6) is 0 Å². The van der Waals surface area contributed by atoms with Gasteiger partial charge in [-0.2, -0.15) is 0 Å². The fourth-order valence-corrected chi connectivity index (χ4v) is 4.15. The summed E-state index contributed by atoms with van der Waals surface area (Å²) in [5.41, 5.74) is 1.24. The van der Waals surface area contributed by atoms with Crippen molar-refractivity contribution in [3.8, 4) is 0 Å². The summed E-state index contributed by atoms with van der Waals surface area (Å²) in [7, 11) is 0. The standard InChI is InChI=1S/C17H21BrClNS/c1-12(2)20-11-13(10-15-7-8-17(18)21-15)9-14-5-3-4-6-16(14)19/h3-8,12-13,20H,9-11H2,1-2H3. The zero-order chi connectivity index (χ0) is 15.2. The number of halogens is 2. The van der Waals surface area contributed by atoms with Gasteiger partial charge in [0.05, 0.1) is 3.79 Å². The van der Waals surface area contributed by atoms with Crippen LogP contribution in [0.25, 0.3) is 0 Å². The van der Waals surface area contributed by atoms with E-state index in [9.17, 15) is 0 Å². The number of benzene rings is 1. The molecule has 1 N–H and O–H groups in total. The van der Waals surface area contributed by atoms with Gasteiger partial charge in [-0.1, -0.05) is 43.6 Å². The monoisotopic (exact) mass is 385 g/mol. The number of hydrogen-bond donors (Lipinski definition) is 1. The van der Waals surface area contributed by atoms with Crippen LogP contribution in [0.4, 0.5) is 0 Å². The van der Waals surface area contributed by atoms with Crippen LogP contribution in [0, 0.1) is 5.92 Å². The van der Waals surface area contributed by atoms with E-state index in [1.54, 1.807) is 0 Å². The van der Waals surface area contributed by atoms with Gasteiger partial charge in [-0.05, 0) is 65.0 Å². The molecule has 2 rings (SSSR count). The average Bonchev–Trinajstić information content (AvgIpc) is 2.84. The minimum atomic E-state index is 0.508. The van der Waals surface area contributed by atoms with Crippen molar-refractivity contribution < 1.29 is 0 Å². The number of hydrogen-bond acceptors (Lipinski definition) is 2. The first-order valence-corrected chi connectivity index (χ1v) is 9.24. The Kier molecular flexibility index (Phi) is 6.74. The van der Waals surface area contributed by atoms with Crippen LogP contribution in [0.2, 0.25) is 5.02 Å². The summed E-state index contributed by atoms with van der Waals surface area (Å²) in [5, 5.41) is 4.44. The molecule has 0 fully saturated rings. The molecular formula is C17H21BrClNS. The minimum absolute atomic E-state index is 0.508. The van der Waals surface area contributed by atoms with E-state index >= 15 is 0 Å². The first-order chi connectivity index (χ1) is 10.0. The maximum Gasteiger partial charge on any atom is 0.0701 e. The molecule has 1 nitrogen and oxygen atoms in total. The van der Waals surface area contributed by atoms with Crippen LogP contribution in [0.3, 0.4) is 0 Å². The van der Waals surface area contributed by atoms with E-state index in [0.717, 1.165) is 24.4 Å². The Morgan fingerprint density at radius 3 is 2.52 bits per heavy atom. The predicted octanol–water partition coefficient (Wildman–Crippen LogP) is 5.56. The van der Waals surface area contributed by atoms with Gasteiger partial charge >= 0.3 is 0 Å². The summed E-state index contributed by atoms with van der Waals surface area (Å²) in [6, 6.07) is 13.0. The molecule has 114 valence electrons. The highest BCUT2D eigenvalue weighted by atomic mass is 79.9. The lowest BCUT2D eigenvalue weighted by atomic mass is 9.95. The normalized spacial score (nSPS) is 12.8. The molecule has 21 heavy (non-hydrogen) atoms. The van der Waals surface area contributed by atoms with Gasteiger partial charge in [0, 0.05) is 15.9 Å². The van der Waals surface area contributed by atoms with E-state index in [4.69, 9.17) is 11.6 Å². The van der Waals surface area contributed by atoms with Gasteiger partial charge in [0.2, 0.25) is 0 Å². The molecule has 0 saturated heterocycles. The van der Waals surface area contributed by atoms with Crippen molar-refractivity contribution in [1.29, 1.82) is 0 Å². The molecule has 2 aromatic rings. The lowest BCUT2D eigenvalue weighted by Gasteiger charge is -2.19. The lowest BCUT2D eigenvalue weighted by Crippen LogP contribution is -2.31. The van der Waals surface area contributed by atoms with Gasteiger partial charge < -0.3 is 5.32 Å². The molecule has 1 aromatic heterocycles. The summed E-state index contributed by atoms with van der Waals surface area (Å²) in [6.07, 6.45) is 2.09. The van der Waals surface area contributed by atoms with Crippen LogP contribution >= 0.6 is 38.9 Å². The number of thiophene rings is 1. The highest BCUT2D eigenvalue weighted by Gasteiger charge is 2.14. The van der Waals surface area contributed by atoms with Crippen molar-refractivity contribution in [3.63, 3.8) is 0 Å². The smallest absolute Gasteiger partial charge is 0.0701 e. The summed E-state index contributed by atoms with van der Waals surface area (Å²) in [4.78, 5) is 1.42. The van der Waals surface area contributed by atoms with Gasteiger partial charge in [-0.15, -0.1) is 11.3 Å². The third-order valence-electron chi connectivity index (χ3n) is 3.40. The van der Waals surface area contributed by atoms with E-state index in [2.05, 4.69) is 59.4 Å². The molecule has 0 bridgehead atoms. The number of rotatable bonds is 7. The largest absolute Gasteiger partial charge is 0.314 e. The fourth-order valence-electron chi connectivity index (χ4n) is 2.34. The van der Waals surface area contributed by atoms with E-state index in [0.29, 0.717) is 12.0 Å². The molecule has 0 saturated carbocycles. The molecular weight excluding hydrogens is 366 g/mol. The molecule has 4 heteroatoms. The third kappa shape index (κ3) is 5.74. The van der Waals surface area contributed by atoms with Gasteiger partial charge in [-0.25, -0.2) is 0 Å². The van der Waals surface area contributed by atoms with Crippen molar-refractivity contribution in [1.82, 2.24) is 5.32 Å². The van der Waals surface area contributed by atoms with Crippen LogP contribution in [0.1, 0.15) is 24.3 Å². The quantitative estimate of drug-likeness (QED) is 0.656. The Hall–Kier alpha value is -0.350. The maximum absolute atomic E-state index is 6.31. The van der Waals surface area contributed by atoms with E-state index in [-0.39, 0.29) is 0 Å². The van der Waals surface area contributed by atoms with Crippen LogP contribution < -0.4 is 5.32 Å². The van der Waals surface area contributed by atoms with Crippen molar-refractivity contribution in [2.75, 3.05) is 6.54 Å². The average molecular weight is 387 g/mol. The molecule has 1 atom stereocenters. The summed E-state index contributed by atoms with van der Waals surface area (Å²) in [6.45, 7) is 5.39. The summed E-state index contributed by atoms with van der Waals surface area (Å²) >= 11 is 11.7. The molecule has 1 unspecified atom stereocenters. The minimum Gasteiger partial charge on any atom is -0.314 e. The topological polar surface area (TPSA) is 12.0 Å². The van der Waals surface area contributed by atoms with E-state index in [1.165, 1.54) is 14.2 Å².